The van der Waals surface area contributed by atoms with Gasteiger partial charge in [-0.2, -0.15) is 0 Å². The Kier molecular flexibility index (Phi) is 3.19. The molecule has 0 saturated heterocycles. The van der Waals surface area contributed by atoms with Crippen molar-refractivity contribution in [2.45, 2.75) is 20.3 Å². The Morgan fingerprint density at radius 3 is 2.74 bits per heavy atom. The summed E-state index contributed by atoms with van der Waals surface area (Å²) >= 11 is 0. The molecule has 4 rings (SSSR count). The van der Waals surface area contributed by atoms with Crippen molar-refractivity contribution >= 4 is 23.1 Å². The summed E-state index contributed by atoms with van der Waals surface area (Å²) in [6.07, 6.45) is 7.88. The second-order valence-corrected chi connectivity index (χ2v) is 6.29. The molecule has 0 radical (unpaired) electrons. The number of pyridine rings is 1. The molecule has 2 heteroatoms. The molecule has 0 N–H and O–H groups in total. The van der Waals surface area contributed by atoms with Crippen LogP contribution in [-0.4, -0.2) is 9.55 Å². The molecule has 1 aliphatic rings. The highest BCUT2D eigenvalue weighted by molar-refractivity contribution is 5.87. The van der Waals surface area contributed by atoms with Gasteiger partial charge in [0.1, 0.15) is 0 Å². The number of fused-ring (bicyclic) bond motifs is 3. The maximum atomic E-state index is 4.67. The fraction of sp³-hybridized carbons (Fsp3) is 0.190. The number of benzene rings is 1. The van der Waals surface area contributed by atoms with E-state index in [4.69, 9.17) is 0 Å². The Bertz CT molecular complexity index is 1070. The Hall–Kier alpha value is -2.61. The van der Waals surface area contributed by atoms with Crippen LogP contribution in [0.15, 0.2) is 48.0 Å². The molecule has 1 aliphatic carbocycles. The molecule has 2 nitrogen and oxygen atoms in total. The fourth-order valence-corrected chi connectivity index (χ4v) is 3.40. The molecule has 2 aromatic heterocycles. The highest BCUT2D eigenvalue weighted by Crippen LogP contribution is 2.21. The van der Waals surface area contributed by atoms with Crippen LogP contribution >= 0.6 is 0 Å². The predicted molar refractivity (Wildman–Crippen MR) is 97.4 cm³/mol. The molecule has 0 atom stereocenters. The number of rotatable bonds is 1. The van der Waals surface area contributed by atoms with E-state index in [0.717, 1.165) is 17.8 Å². The van der Waals surface area contributed by atoms with Crippen LogP contribution in [0.5, 0.6) is 0 Å². The summed E-state index contributed by atoms with van der Waals surface area (Å²) in [5.41, 5.74) is 5.86. The second-order valence-electron chi connectivity index (χ2n) is 6.29. The Labute approximate surface area is 136 Å². The number of aromatic nitrogens is 2. The van der Waals surface area contributed by atoms with Crippen molar-refractivity contribution in [3.63, 3.8) is 0 Å². The first-order valence-corrected chi connectivity index (χ1v) is 8.04. The molecule has 0 unspecified atom stereocenters. The van der Waals surface area contributed by atoms with Gasteiger partial charge in [0.25, 0.3) is 0 Å². The molecular weight excluding hydrogens is 280 g/mol. The lowest BCUT2D eigenvalue weighted by molar-refractivity contribution is 0.922. The average molecular weight is 300 g/mol. The maximum absolute atomic E-state index is 4.67. The summed E-state index contributed by atoms with van der Waals surface area (Å²) < 4.78 is 2.29. The van der Waals surface area contributed by atoms with Crippen molar-refractivity contribution in [1.82, 2.24) is 9.55 Å². The summed E-state index contributed by atoms with van der Waals surface area (Å²) in [5.74, 6) is 0. The van der Waals surface area contributed by atoms with Gasteiger partial charge >= 0.3 is 0 Å². The number of allylic oxidation sites excluding steroid dienone is 2. The lowest BCUT2D eigenvalue weighted by Gasteiger charge is -2.03. The first kappa shape index (κ1) is 14.0. The summed E-state index contributed by atoms with van der Waals surface area (Å²) in [6.45, 7) is 4.21. The number of aryl methyl sites for hydroxylation is 2. The standard InChI is InChI=1S/C21H20N2/c1-14-6-4-9-20-17(12-14)18-13-16(10-11-21(18)23(20)3)19-8-5-7-15(2)22-19/h5-13H,4H2,1-3H3. The maximum Gasteiger partial charge on any atom is 0.0705 e. The first-order valence-electron chi connectivity index (χ1n) is 8.04. The number of nitrogens with zero attached hydrogens (tertiary/aromatic N) is 2. The molecule has 114 valence electrons. The van der Waals surface area contributed by atoms with Gasteiger partial charge in [-0.25, -0.2) is 0 Å². The fourth-order valence-electron chi connectivity index (χ4n) is 3.40. The van der Waals surface area contributed by atoms with Crippen molar-refractivity contribution in [3.05, 3.63) is 64.3 Å². The van der Waals surface area contributed by atoms with Crippen LogP contribution in [0.3, 0.4) is 0 Å². The van der Waals surface area contributed by atoms with E-state index in [1.807, 2.05) is 13.0 Å². The van der Waals surface area contributed by atoms with Crippen LogP contribution in [0.4, 0.5) is 0 Å². The zero-order valence-corrected chi connectivity index (χ0v) is 13.8. The van der Waals surface area contributed by atoms with Crippen LogP contribution in [0, 0.1) is 6.92 Å². The van der Waals surface area contributed by atoms with Crippen molar-refractivity contribution in [1.29, 1.82) is 0 Å². The Morgan fingerprint density at radius 1 is 1.04 bits per heavy atom. The molecule has 0 fully saturated rings. The van der Waals surface area contributed by atoms with E-state index in [0.29, 0.717) is 0 Å². The minimum Gasteiger partial charge on any atom is -0.344 e. The monoisotopic (exact) mass is 300 g/mol. The molecule has 0 bridgehead atoms. The van der Waals surface area contributed by atoms with Crippen molar-refractivity contribution in [2.24, 2.45) is 7.05 Å². The van der Waals surface area contributed by atoms with E-state index in [9.17, 15) is 0 Å². The van der Waals surface area contributed by atoms with Gasteiger partial charge in [0.05, 0.1) is 5.69 Å². The SMILES string of the molecule is CC1=CCC=c2c(c3cc(-c4cccc(C)n4)ccc3n2C)=C1. The van der Waals surface area contributed by atoms with Crippen LogP contribution < -0.4 is 10.6 Å². The topological polar surface area (TPSA) is 17.8 Å². The van der Waals surface area contributed by atoms with Gasteiger partial charge in [0, 0.05) is 39.8 Å². The zero-order chi connectivity index (χ0) is 16.0. The molecular formula is C21H20N2. The predicted octanol–water partition coefficient (Wildman–Crippen LogP) is 3.46. The highest BCUT2D eigenvalue weighted by Gasteiger charge is 2.09. The molecule has 0 amide bonds. The average Bonchev–Trinajstić information content (AvgIpc) is 2.70. The van der Waals surface area contributed by atoms with Crippen LogP contribution in [0.25, 0.3) is 34.3 Å². The quantitative estimate of drug-likeness (QED) is 0.673. The second kappa shape index (κ2) is 5.24. The van der Waals surface area contributed by atoms with Crippen molar-refractivity contribution in [2.75, 3.05) is 0 Å². The molecule has 3 aromatic rings. The molecule has 1 aromatic carbocycles. The molecule has 23 heavy (non-hydrogen) atoms. The van der Waals surface area contributed by atoms with E-state index in [1.165, 1.54) is 32.6 Å². The largest absolute Gasteiger partial charge is 0.344 e. The lowest BCUT2D eigenvalue weighted by atomic mass is 10.1. The van der Waals surface area contributed by atoms with Crippen molar-refractivity contribution in [3.8, 4) is 11.3 Å². The lowest BCUT2D eigenvalue weighted by Crippen LogP contribution is -2.27. The molecule has 2 heterocycles. The van der Waals surface area contributed by atoms with Gasteiger partial charge in [0.2, 0.25) is 0 Å². The third kappa shape index (κ3) is 2.31. The summed E-state index contributed by atoms with van der Waals surface area (Å²) in [5, 5.41) is 3.93. The van der Waals surface area contributed by atoms with Crippen LogP contribution in [-0.2, 0) is 7.05 Å². The minimum absolute atomic E-state index is 0.992. The third-order valence-corrected chi connectivity index (χ3v) is 4.59. The Morgan fingerprint density at radius 2 is 1.91 bits per heavy atom. The molecule has 0 spiro atoms. The molecule has 0 saturated carbocycles. The van der Waals surface area contributed by atoms with Gasteiger partial charge in [-0.05, 0) is 50.6 Å². The minimum atomic E-state index is 0.992. The number of hydrogen-bond donors (Lipinski definition) is 0. The van der Waals surface area contributed by atoms with Gasteiger partial charge < -0.3 is 4.57 Å². The summed E-state index contributed by atoms with van der Waals surface area (Å²) in [6, 6.07) is 12.8. The van der Waals surface area contributed by atoms with Crippen LogP contribution in [0.2, 0.25) is 0 Å². The van der Waals surface area contributed by atoms with Gasteiger partial charge in [-0.3, -0.25) is 4.98 Å². The van der Waals surface area contributed by atoms with E-state index < -0.39 is 0 Å². The smallest absolute Gasteiger partial charge is 0.0705 e. The summed E-state index contributed by atoms with van der Waals surface area (Å²) in [7, 11) is 2.15. The zero-order valence-electron chi connectivity index (χ0n) is 13.8. The van der Waals surface area contributed by atoms with Crippen molar-refractivity contribution < 1.29 is 0 Å². The van der Waals surface area contributed by atoms with Gasteiger partial charge in [-0.1, -0.05) is 29.9 Å². The van der Waals surface area contributed by atoms with Gasteiger partial charge in [-0.15, -0.1) is 0 Å². The Balaban J connectivity index is 2.05. The first-order chi connectivity index (χ1) is 11.1. The van der Waals surface area contributed by atoms with Crippen LogP contribution in [0.1, 0.15) is 19.0 Å². The van der Waals surface area contributed by atoms with E-state index >= 15 is 0 Å². The highest BCUT2D eigenvalue weighted by atomic mass is 14.9. The third-order valence-electron chi connectivity index (χ3n) is 4.59. The van der Waals surface area contributed by atoms with E-state index in [-0.39, 0.29) is 0 Å². The van der Waals surface area contributed by atoms with Gasteiger partial charge in [0.15, 0.2) is 0 Å². The van der Waals surface area contributed by atoms with E-state index in [2.05, 4.69) is 72.1 Å². The number of hydrogen-bond acceptors (Lipinski definition) is 1. The van der Waals surface area contributed by atoms with E-state index in [1.54, 1.807) is 0 Å². The molecule has 0 aliphatic heterocycles. The normalized spacial score (nSPS) is 13.8. The summed E-state index contributed by atoms with van der Waals surface area (Å²) in [4.78, 5) is 4.67.